The Bertz CT molecular complexity index is 946. The van der Waals surface area contributed by atoms with Gasteiger partial charge in [0, 0.05) is 29.2 Å². The molecule has 0 saturated heterocycles. The fraction of sp³-hybridized carbons (Fsp3) is 0.100. The van der Waals surface area contributed by atoms with Gasteiger partial charge in [-0.3, -0.25) is 4.79 Å². The molecule has 27 heavy (non-hydrogen) atoms. The Hall–Kier alpha value is -3.48. The van der Waals surface area contributed by atoms with Crippen LogP contribution < -0.4 is 15.4 Å². The minimum atomic E-state index is -1.03. The molecule has 138 valence electrons. The molecular weight excluding hydrogens is 352 g/mol. The topological polar surface area (TPSA) is 63.2 Å². The van der Waals surface area contributed by atoms with E-state index in [9.17, 15) is 13.6 Å². The molecule has 0 spiro atoms. The van der Waals surface area contributed by atoms with E-state index in [4.69, 9.17) is 4.74 Å². The number of aromatic nitrogens is 1. The first-order chi connectivity index (χ1) is 13.0. The standard InChI is InChI=1S/C20H17F2N3O2/c1-2-27-16-6-3-14(4-7-16)24-19-11-13(9-10-23-19)20(26)25-15-5-8-17(21)18(22)12-15/h3-12H,2H2,1H3,(H,23,24)(H,25,26). The van der Waals surface area contributed by atoms with Crippen molar-refractivity contribution in [2.75, 3.05) is 17.2 Å². The van der Waals surface area contributed by atoms with Crippen molar-refractivity contribution in [2.24, 2.45) is 0 Å². The number of hydrogen-bond donors (Lipinski definition) is 2. The van der Waals surface area contributed by atoms with Gasteiger partial charge in [0.25, 0.3) is 5.91 Å². The first kappa shape index (κ1) is 18.3. The summed E-state index contributed by atoms with van der Waals surface area (Å²) in [7, 11) is 0. The van der Waals surface area contributed by atoms with Gasteiger partial charge in [0.2, 0.25) is 0 Å². The third-order valence-corrected chi connectivity index (χ3v) is 3.64. The fourth-order valence-electron chi connectivity index (χ4n) is 2.37. The normalized spacial score (nSPS) is 10.3. The lowest BCUT2D eigenvalue weighted by Crippen LogP contribution is -2.12. The lowest BCUT2D eigenvalue weighted by atomic mass is 10.2. The van der Waals surface area contributed by atoms with Gasteiger partial charge in [0.15, 0.2) is 11.6 Å². The van der Waals surface area contributed by atoms with Crippen LogP contribution in [0.4, 0.5) is 26.0 Å². The fourth-order valence-corrected chi connectivity index (χ4v) is 2.37. The molecule has 0 radical (unpaired) electrons. The number of anilines is 3. The summed E-state index contributed by atoms with van der Waals surface area (Å²) >= 11 is 0. The van der Waals surface area contributed by atoms with E-state index in [-0.39, 0.29) is 5.69 Å². The second-order valence-corrected chi connectivity index (χ2v) is 5.60. The van der Waals surface area contributed by atoms with Gasteiger partial charge < -0.3 is 15.4 Å². The number of halogens is 2. The third kappa shape index (κ3) is 4.78. The van der Waals surface area contributed by atoms with Gasteiger partial charge in [-0.1, -0.05) is 0 Å². The molecule has 0 saturated carbocycles. The molecule has 0 bridgehead atoms. The van der Waals surface area contributed by atoms with Crippen LogP contribution in [0.25, 0.3) is 0 Å². The molecular formula is C20H17F2N3O2. The maximum absolute atomic E-state index is 13.3. The number of ether oxygens (including phenoxy) is 1. The molecule has 0 aliphatic heterocycles. The Balaban J connectivity index is 1.70. The van der Waals surface area contributed by atoms with Crippen molar-refractivity contribution in [3.05, 3.63) is 78.0 Å². The highest BCUT2D eigenvalue weighted by atomic mass is 19.2. The predicted molar refractivity (Wildman–Crippen MR) is 99.4 cm³/mol. The molecule has 0 aliphatic rings. The van der Waals surface area contributed by atoms with Gasteiger partial charge in [-0.15, -0.1) is 0 Å². The Morgan fingerprint density at radius 2 is 1.74 bits per heavy atom. The second-order valence-electron chi connectivity index (χ2n) is 5.60. The average Bonchev–Trinajstić information content (AvgIpc) is 2.67. The van der Waals surface area contributed by atoms with Gasteiger partial charge in [0.1, 0.15) is 11.6 Å². The summed E-state index contributed by atoms with van der Waals surface area (Å²) < 4.78 is 31.6. The highest BCUT2D eigenvalue weighted by Gasteiger charge is 2.10. The van der Waals surface area contributed by atoms with Crippen molar-refractivity contribution in [3.63, 3.8) is 0 Å². The van der Waals surface area contributed by atoms with E-state index in [1.807, 2.05) is 31.2 Å². The lowest BCUT2D eigenvalue weighted by molar-refractivity contribution is 0.102. The predicted octanol–water partition coefficient (Wildman–Crippen LogP) is 4.75. The maximum Gasteiger partial charge on any atom is 0.255 e. The van der Waals surface area contributed by atoms with E-state index in [0.29, 0.717) is 18.0 Å². The number of nitrogens with one attached hydrogen (secondary N) is 2. The highest BCUT2D eigenvalue weighted by molar-refractivity contribution is 6.04. The summed E-state index contributed by atoms with van der Waals surface area (Å²) in [5.41, 5.74) is 1.27. The SMILES string of the molecule is CCOc1ccc(Nc2cc(C(=O)Nc3ccc(F)c(F)c3)ccn2)cc1. The van der Waals surface area contributed by atoms with Crippen LogP contribution in [-0.4, -0.2) is 17.5 Å². The first-order valence-electron chi connectivity index (χ1n) is 8.27. The van der Waals surface area contributed by atoms with E-state index < -0.39 is 17.5 Å². The van der Waals surface area contributed by atoms with Gasteiger partial charge in [-0.2, -0.15) is 0 Å². The molecule has 7 heteroatoms. The molecule has 1 aromatic heterocycles. The number of benzene rings is 2. The molecule has 3 rings (SSSR count). The Morgan fingerprint density at radius 3 is 2.44 bits per heavy atom. The number of amides is 1. The zero-order valence-electron chi connectivity index (χ0n) is 14.5. The number of rotatable bonds is 6. The van der Waals surface area contributed by atoms with Gasteiger partial charge in [-0.05, 0) is 55.5 Å². The van der Waals surface area contributed by atoms with Crippen molar-refractivity contribution in [1.29, 1.82) is 0 Å². The first-order valence-corrected chi connectivity index (χ1v) is 8.27. The lowest BCUT2D eigenvalue weighted by Gasteiger charge is -2.09. The molecule has 3 aromatic rings. The minimum absolute atomic E-state index is 0.164. The number of carbonyl (C=O) groups excluding carboxylic acids is 1. The van der Waals surface area contributed by atoms with E-state index >= 15 is 0 Å². The van der Waals surface area contributed by atoms with Gasteiger partial charge in [-0.25, -0.2) is 13.8 Å². The zero-order chi connectivity index (χ0) is 19.2. The molecule has 1 heterocycles. The molecule has 0 fully saturated rings. The monoisotopic (exact) mass is 369 g/mol. The minimum Gasteiger partial charge on any atom is -0.494 e. The molecule has 2 N–H and O–H groups in total. The van der Waals surface area contributed by atoms with Crippen molar-refractivity contribution >= 4 is 23.1 Å². The van der Waals surface area contributed by atoms with E-state index in [1.54, 1.807) is 6.07 Å². The van der Waals surface area contributed by atoms with E-state index in [1.165, 1.54) is 18.3 Å². The Labute approximate surface area is 155 Å². The smallest absolute Gasteiger partial charge is 0.255 e. The molecule has 2 aromatic carbocycles. The largest absolute Gasteiger partial charge is 0.494 e. The van der Waals surface area contributed by atoms with Crippen LogP contribution in [0.2, 0.25) is 0 Å². The molecule has 1 amide bonds. The number of hydrogen-bond acceptors (Lipinski definition) is 4. The van der Waals surface area contributed by atoms with Crippen molar-refractivity contribution in [3.8, 4) is 5.75 Å². The van der Waals surface area contributed by atoms with Crippen LogP contribution in [0, 0.1) is 11.6 Å². The van der Waals surface area contributed by atoms with Crippen LogP contribution in [0.15, 0.2) is 60.8 Å². The molecule has 0 atom stereocenters. The van der Waals surface area contributed by atoms with Crippen molar-refractivity contribution in [2.45, 2.75) is 6.92 Å². The third-order valence-electron chi connectivity index (χ3n) is 3.64. The summed E-state index contributed by atoms with van der Waals surface area (Å²) in [5, 5.41) is 5.61. The Kier molecular flexibility index (Phi) is 5.61. The summed E-state index contributed by atoms with van der Waals surface area (Å²) in [6.07, 6.45) is 1.48. The highest BCUT2D eigenvalue weighted by Crippen LogP contribution is 2.20. The number of nitrogens with zero attached hydrogens (tertiary/aromatic N) is 1. The van der Waals surface area contributed by atoms with Gasteiger partial charge >= 0.3 is 0 Å². The molecule has 0 unspecified atom stereocenters. The van der Waals surface area contributed by atoms with E-state index in [0.717, 1.165) is 23.6 Å². The maximum atomic E-state index is 13.3. The van der Waals surface area contributed by atoms with Crippen LogP contribution in [0.1, 0.15) is 17.3 Å². The summed E-state index contributed by atoms with van der Waals surface area (Å²) in [4.78, 5) is 16.5. The average molecular weight is 369 g/mol. The van der Waals surface area contributed by atoms with Gasteiger partial charge in [0.05, 0.1) is 6.61 Å². The van der Waals surface area contributed by atoms with Crippen LogP contribution in [-0.2, 0) is 0 Å². The second kappa shape index (κ2) is 8.27. The van der Waals surface area contributed by atoms with Crippen molar-refractivity contribution in [1.82, 2.24) is 4.98 Å². The van der Waals surface area contributed by atoms with E-state index in [2.05, 4.69) is 15.6 Å². The quantitative estimate of drug-likeness (QED) is 0.658. The number of carbonyl (C=O) groups is 1. The Morgan fingerprint density at radius 1 is 1.00 bits per heavy atom. The molecule has 0 aliphatic carbocycles. The van der Waals surface area contributed by atoms with Crippen molar-refractivity contribution < 1.29 is 18.3 Å². The summed E-state index contributed by atoms with van der Waals surface area (Å²) in [5.74, 6) is -1.23. The summed E-state index contributed by atoms with van der Waals surface area (Å²) in [6.45, 7) is 2.50. The zero-order valence-corrected chi connectivity index (χ0v) is 14.5. The summed E-state index contributed by atoms with van der Waals surface area (Å²) in [6, 6.07) is 13.6. The van der Waals surface area contributed by atoms with Crippen LogP contribution in [0.5, 0.6) is 5.75 Å². The van der Waals surface area contributed by atoms with Crippen LogP contribution >= 0.6 is 0 Å². The van der Waals surface area contributed by atoms with Crippen LogP contribution in [0.3, 0.4) is 0 Å². The molecule has 5 nitrogen and oxygen atoms in total. The number of pyridine rings is 1.